The Kier molecular flexibility index (Phi) is 3.43. The first-order valence-corrected chi connectivity index (χ1v) is 6.11. The maximum atomic E-state index is 11.3. The number of carbonyl (C=O) groups is 1. The zero-order chi connectivity index (χ0) is 11.5. The van der Waals surface area contributed by atoms with Crippen molar-refractivity contribution in [3.05, 3.63) is 29.8 Å². The standard InChI is InChI=1S/C9H12N2O3S/c1-10-11-9(12)7-3-5-8(6-4-7)15(2,13)14/h3-6,10H,1-2H3,(H,11,12). The van der Waals surface area contributed by atoms with E-state index in [1.165, 1.54) is 24.3 Å². The van der Waals surface area contributed by atoms with Gasteiger partial charge in [0.2, 0.25) is 0 Å². The molecule has 0 saturated heterocycles. The molecule has 1 aromatic carbocycles. The van der Waals surface area contributed by atoms with E-state index in [4.69, 9.17) is 0 Å². The summed E-state index contributed by atoms with van der Waals surface area (Å²) in [5.74, 6) is -0.308. The Morgan fingerprint density at radius 2 is 1.73 bits per heavy atom. The fourth-order valence-electron chi connectivity index (χ4n) is 1.04. The van der Waals surface area contributed by atoms with E-state index in [0.717, 1.165) is 6.26 Å². The second-order valence-corrected chi connectivity index (χ2v) is 5.02. The Morgan fingerprint density at radius 3 is 2.13 bits per heavy atom. The van der Waals surface area contributed by atoms with Crippen LogP contribution < -0.4 is 10.9 Å². The molecule has 0 radical (unpaired) electrons. The maximum Gasteiger partial charge on any atom is 0.265 e. The van der Waals surface area contributed by atoms with Gasteiger partial charge in [0.05, 0.1) is 4.90 Å². The van der Waals surface area contributed by atoms with Gasteiger partial charge in [-0.15, -0.1) is 0 Å². The second-order valence-electron chi connectivity index (χ2n) is 3.00. The number of benzene rings is 1. The van der Waals surface area contributed by atoms with Crippen molar-refractivity contribution < 1.29 is 13.2 Å². The molecule has 0 bridgehead atoms. The number of hydrazine groups is 1. The lowest BCUT2D eigenvalue weighted by Gasteiger charge is -2.03. The summed E-state index contributed by atoms with van der Waals surface area (Å²) in [4.78, 5) is 11.5. The molecule has 0 aliphatic carbocycles. The zero-order valence-electron chi connectivity index (χ0n) is 8.44. The lowest BCUT2D eigenvalue weighted by molar-refractivity contribution is 0.0938. The minimum atomic E-state index is -3.20. The highest BCUT2D eigenvalue weighted by Crippen LogP contribution is 2.09. The van der Waals surface area contributed by atoms with Crippen molar-refractivity contribution in [3.63, 3.8) is 0 Å². The highest BCUT2D eigenvalue weighted by Gasteiger charge is 2.08. The Balaban J connectivity index is 2.96. The van der Waals surface area contributed by atoms with Crippen LogP contribution in [0.2, 0.25) is 0 Å². The summed E-state index contributed by atoms with van der Waals surface area (Å²) in [6.07, 6.45) is 1.12. The number of hydrogen-bond acceptors (Lipinski definition) is 4. The lowest BCUT2D eigenvalue weighted by Crippen LogP contribution is -2.34. The van der Waals surface area contributed by atoms with Gasteiger partial charge in [-0.3, -0.25) is 10.2 Å². The molecule has 0 atom stereocenters. The second kappa shape index (κ2) is 4.41. The van der Waals surface area contributed by atoms with Crippen LogP contribution in [-0.2, 0) is 9.84 Å². The molecule has 0 spiro atoms. The van der Waals surface area contributed by atoms with Crippen LogP contribution in [0.1, 0.15) is 10.4 Å². The third-order valence-electron chi connectivity index (χ3n) is 1.78. The van der Waals surface area contributed by atoms with Crippen LogP contribution in [0, 0.1) is 0 Å². The Hall–Kier alpha value is -1.40. The predicted molar refractivity (Wildman–Crippen MR) is 56.1 cm³/mol. The van der Waals surface area contributed by atoms with Gasteiger partial charge in [0.15, 0.2) is 9.84 Å². The predicted octanol–water partition coefficient (Wildman–Crippen LogP) is -0.0457. The van der Waals surface area contributed by atoms with Crippen molar-refractivity contribution in [3.8, 4) is 0 Å². The van der Waals surface area contributed by atoms with E-state index in [9.17, 15) is 13.2 Å². The molecular weight excluding hydrogens is 216 g/mol. The van der Waals surface area contributed by atoms with E-state index in [2.05, 4.69) is 10.9 Å². The molecule has 0 aliphatic rings. The molecule has 5 nitrogen and oxygen atoms in total. The van der Waals surface area contributed by atoms with Gasteiger partial charge in [0.1, 0.15) is 0 Å². The van der Waals surface area contributed by atoms with E-state index in [1.54, 1.807) is 7.05 Å². The van der Waals surface area contributed by atoms with Crippen molar-refractivity contribution in [1.29, 1.82) is 0 Å². The summed E-state index contributed by atoms with van der Waals surface area (Å²) in [6.45, 7) is 0. The summed E-state index contributed by atoms with van der Waals surface area (Å²) < 4.78 is 22.3. The smallest absolute Gasteiger partial charge is 0.265 e. The molecule has 0 fully saturated rings. The molecule has 1 amide bonds. The molecule has 82 valence electrons. The summed E-state index contributed by atoms with van der Waals surface area (Å²) in [5, 5.41) is 0. The van der Waals surface area contributed by atoms with Gasteiger partial charge in [-0.1, -0.05) is 0 Å². The number of hydrogen-bond donors (Lipinski definition) is 2. The minimum Gasteiger partial charge on any atom is -0.288 e. The molecule has 1 rings (SSSR count). The van der Waals surface area contributed by atoms with Crippen molar-refractivity contribution in [2.24, 2.45) is 0 Å². The highest BCUT2D eigenvalue weighted by atomic mass is 32.2. The molecule has 0 unspecified atom stereocenters. The van der Waals surface area contributed by atoms with Gasteiger partial charge in [-0.25, -0.2) is 13.8 Å². The van der Waals surface area contributed by atoms with E-state index in [-0.39, 0.29) is 10.8 Å². The van der Waals surface area contributed by atoms with Crippen molar-refractivity contribution >= 4 is 15.7 Å². The van der Waals surface area contributed by atoms with Crippen LogP contribution in [0.3, 0.4) is 0 Å². The molecule has 0 heterocycles. The number of sulfone groups is 1. The van der Waals surface area contributed by atoms with E-state index in [0.29, 0.717) is 5.56 Å². The third kappa shape index (κ3) is 3.03. The van der Waals surface area contributed by atoms with E-state index < -0.39 is 9.84 Å². The van der Waals surface area contributed by atoms with E-state index >= 15 is 0 Å². The van der Waals surface area contributed by atoms with Crippen molar-refractivity contribution in [2.45, 2.75) is 4.90 Å². The minimum absolute atomic E-state index is 0.198. The molecule has 0 aromatic heterocycles. The summed E-state index contributed by atoms with van der Waals surface area (Å²) in [5.41, 5.74) is 5.27. The van der Waals surface area contributed by atoms with Gasteiger partial charge < -0.3 is 0 Å². The summed E-state index contributed by atoms with van der Waals surface area (Å²) >= 11 is 0. The van der Waals surface area contributed by atoms with Crippen molar-refractivity contribution in [1.82, 2.24) is 10.9 Å². The van der Waals surface area contributed by atoms with Gasteiger partial charge in [0.25, 0.3) is 5.91 Å². The zero-order valence-corrected chi connectivity index (χ0v) is 9.26. The molecule has 0 saturated carbocycles. The monoisotopic (exact) mass is 228 g/mol. The summed E-state index contributed by atoms with van der Waals surface area (Å²) in [6, 6.07) is 5.73. The van der Waals surface area contributed by atoms with Gasteiger partial charge in [-0.2, -0.15) is 0 Å². The first kappa shape index (κ1) is 11.7. The lowest BCUT2D eigenvalue weighted by atomic mass is 10.2. The van der Waals surface area contributed by atoms with E-state index in [1.807, 2.05) is 0 Å². The third-order valence-corrected chi connectivity index (χ3v) is 2.91. The Morgan fingerprint density at radius 1 is 1.20 bits per heavy atom. The van der Waals surface area contributed by atoms with Crippen LogP contribution in [0.5, 0.6) is 0 Å². The molecule has 15 heavy (non-hydrogen) atoms. The average molecular weight is 228 g/mol. The molecule has 0 aliphatic heterocycles. The molecular formula is C9H12N2O3S. The number of rotatable bonds is 3. The van der Waals surface area contributed by atoms with Crippen LogP contribution >= 0.6 is 0 Å². The van der Waals surface area contributed by atoms with Crippen LogP contribution in [-0.4, -0.2) is 27.6 Å². The first-order chi connectivity index (χ1) is 6.95. The number of amides is 1. The topological polar surface area (TPSA) is 75.3 Å². The normalized spacial score (nSPS) is 11.1. The van der Waals surface area contributed by atoms with Crippen molar-refractivity contribution in [2.75, 3.05) is 13.3 Å². The molecule has 1 aromatic rings. The number of nitrogens with one attached hydrogen (secondary N) is 2. The largest absolute Gasteiger partial charge is 0.288 e. The van der Waals surface area contributed by atoms with Gasteiger partial charge in [-0.05, 0) is 24.3 Å². The SMILES string of the molecule is CNNC(=O)c1ccc(S(C)(=O)=O)cc1. The summed E-state index contributed by atoms with van der Waals surface area (Å²) in [7, 11) is -1.63. The Labute approximate surface area is 88.4 Å². The van der Waals surface area contributed by atoms with Crippen LogP contribution in [0.4, 0.5) is 0 Å². The quantitative estimate of drug-likeness (QED) is 0.711. The fraction of sp³-hybridized carbons (Fsp3) is 0.222. The number of carbonyl (C=O) groups excluding carboxylic acids is 1. The fourth-order valence-corrected chi connectivity index (χ4v) is 1.67. The first-order valence-electron chi connectivity index (χ1n) is 4.22. The van der Waals surface area contributed by atoms with Crippen LogP contribution in [0.15, 0.2) is 29.2 Å². The van der Waals surface area contributed by atoms with Gasteiger partial charge >= 0.3 is 0 Å². The highest BCUT2D eigenvalue weighted by molar-refractivity contribution is 7.90. The Bertz CT molecular complexity index is 451. The van der Waals surface area contributed by atoms with Crippen LogP contribution in [0.25, 0.3) is 0 Å². The average Bonchev–Trinajstić information content (AvgIpc) is 2.17. The van der Waals surface area contributed by atoms with Gasteiger partial charge in [0, 0.05) is 18.9 Å². The maximum absolute atomic E-state index is 11.3. The molecule has 2 N–H and O–H groups in total. The molecule has 6 heteroatoms.